The average molecular weight is 338 g/mol. The van der Waals surface area contributed by atoms with E-state index in [2.05, 4.69) is 12.1 Å². The van der Waals surface area contributed by atoms with Crippen molar-refractivity contribution in [2.45, 2.75) is 64.0 Å². The highest BCUT2D eigenvalue weighted by Crippen LogP contribution is 2.34. The van der Waals surface area contributed by atoms with Crippen molar-refractivity contribution >= 4 is 15.5 Å². The zero-order chi connectivity index (χ0) is 17.1. The molecule has 0 spiro atoms. The monoisotopic (exact) mass is 337 g/mol. The molecular weight excluding hydrogens is 306 g/mol. The maximum absolute atomic E-state index is 12.3. The summed E-state index contributed by atoms with van der Waals surface area (Å²) in [6.07, 6.45) is 6.74. The van der Waals surface area contributed by atoms with Gasteiger partial charge in [0.15, 0.2) is 9.84 Å². The van der Waals surface area contributed by atoms with Gasteiger partial charge in [0.05, 0.1) is 10.5 Å². The molecule has 0 amide bonds. The lowest BCUT2D eigenvalue weighted by molar-refractivity contribution is 0.278. The van der Waals surface area contributed by atoms with Gasteiger partial charge in [0.1, 0.15) is 0 Å². The molecule has 3 nitrogen and oxygen atoms in total. The Balaban J connectivity index is 1.77. The summed E-state index contributed by atoms with van der Waals surface area (Å²) in [5.41, 5.74) is 7.87. The molecule has 23 heavy (non-hydrogen) atoms. The fourth-order valence-corrected chi connectivity index (χ4v) is 4.76. The lowest BCUT2D eigenvalue weighted by Gasteiger charge is -2.30. The van der Waals surface area contributed by atoms with Gasteiger partial charge in [-0.05, 0) is 76.0 Å². The molecule has 0 radical (unpaired) electrons. The van der Waals surface area contributed by atoms with Gasteiger partial charge in [0.2, 0.25) is 0 Å². The van der Waals surface area contributed by atoms with Crippen LogP contribution in [0.4, 0.5) is 5.69 Å². The van der Waals surface area contributed by atoms with Crippen molar-refractivity contribution in [2.75, 3.05) is 11.5 Å². The summed E-state index contributed by atoms with van der Waals surface area (Å²) in [5.74, 6) is 1.45. The van der Waals surface area contributed by atoms with Crippen LogP contribution < -0.4 is 5.73 Å². The zero-order valence-corrected chi connectivity index (χ0v) is 15.5. The lowest BCUT2D eigenvalue weighted by Crippen LogP contribution is -2.34. The number of anilines is 1. The molecule has 1 aliphatic carbocycles. The third-order valence-electron chi connectivity index (χ3n) is 5.18. The van der Waals surface area contributed by atoms with Crippen LogP contribution in [0.3, 0.4) is 0 Å². The Hall–Kier alpha value is -1.03. The molecule has 0 heterocycles. The predicted molar refractivity (Wildman–Crippen MR) is 98.2 cm³/mol. The minimum Gasteiger partial charge on any atom is -0.399 e. The van der Waals surface area contributed by atoms with E-state index in [9.17, 15) is 8.42 Å². The fraction of sp³-hybridized carbons (Fsp3) is 0.684. The van der Waals surface area contributed by atoms with Gasteiger partial charge in [-0.2, -0.15) is 0 Å². The summed E-state index contributed by atoms with van der Waals surface area (Å²) in [6, 6.07) is 8.14. The van der Waals surface area contributed by atoms with Crippen LogP contribution in [0, 0.1) is 11.8 Å². The maximum Gasteiger partial charge on any atom is 0.155 e. The van der Waals surface area contributed by atoms with Crippen LogP contribution in [-0.4, -0.2) is 18.9 Å². The number of sulfone groups is 1. The average Bonchev–Trinajstić information content (AvgIpc) is 2.47. The zero-order valence-electron chi connectivity index (χ0n) is 14.7. The Labute approximate surface area is 141 Å². The highest BCUT2D eigenvalue weighted by atomic mass is 32.2. The summed E-state index contributed by atoms with van der Waals surface area (Å²) in [4.78, 5) is 0. The number of nitrogen functional groups attached to an aromatic ring is 1. The van der Waals surface area contributed by atoms with Crippen LogP contribution in [0.25, 0.3) is 0 Å². The first-order valence-corrected chi connectivity index (χ1v) is 10.4. The van der Waals surface area contributed by atoms with Crippen molar-refractivity contribution in [1.29, 1.82) is 0 Å². The van der Waals surface area contributed by atoms with Gasteiger partial charge in [-0.1, -0.05) is 25.0 Å². The standard InChI is InChI=1S/C19H31NO2S/c1-19(2,3)23(21,22)14-17-8-6-15(7-9-17)4-5-16-10-12-18(20)13-11-16/h10-13,15,17H,4-9,14,20H2,1-3H3. The van der Waals surface area contributed by atoms with Crippen molar-refractivity contribution < 1.29 is 8.42 Å². The molecule has 130 valence electrons. The van der Waals surface area contributed by atoms with E-state index in [-0.39, 0.29) is 0 Å². The minimum atomic E-state index is -2.99. The molecule has 4 heteroatoms. The molecule has 1 aliphatic rings. The van der Waals surface area contributed by atoms with Crippen LogP contribution in [-0.2, 0) is 16.3 Å². The van der Waals surface area contributed by atoms with E-state index in [0.717, 1.165) is 30.9 Å². The fourth-order valence-electron chi connectivity index (χ4n) is 3.30. The number of nitrogens with two attached hydrogens (primary N) is 1. The topological polar surface area (TPSA) is 60.2 Å². The first-order valence-electron chi connectivity index (χ1n) is 8.74. The summed E-state index contributed by atoms with van der Waals surface area (Å²) in [5, 5.41) is 0. The third kappa shape index (κ3) is 5.23. The normalized spacial score (nSPS) is 22.9. The second kappa shape index (κ2) is 7.25. The van der Waals surface area contributed by atoms with Crippen molar-refractivity contribution in [1.82, 2.24) is 0 Å². The van der Waals surface area contributed by atoms with Gasteiger partial charge in [-0.15, -0.1) is 0 Å². The van der Waals surface area contributed by atoms with E-state index in [4.69, 9.17) is 5.73 Å². The van der Waals surface area contributed by atoms with E-state index in [1.807, 2.05) is 12.1 Å². The number of hydrogen-bond donors (Lipinski definition) is 1. The van der Waals surface area contributed by atoms with Gasteiger partial charge in [0, 0.05) is 5.69 Å². The smallest absolute Gasteiger partial charge is 0.155 e. The molecular formula is C19H31NO2S. The molecule has 1 saturated carbocycles. The summed E-state index contributed by atoms with van der Waals surface area (Å²) in [7, 11) is -2.99. The van der Waals surface area contributed by atoms with Crippen LogP contribution in [0.5, 0.6) is 0 Å². The quantitative estimate of drug-likeness (QED) is 0.818. The molecule has 1 fully saturated rings. The highest BCUT2D eigenvalue weighted by Gasteiger charge is 2.33. The van der Waals surface area contributed by atoms with E-state index in [0.29, 0.717) is 11.7 Å². The molecule has 0 aliphatic heterocycles. The van der Waals surface area contributed by atoms with Gasteiger partial charge >= 0.3 is 0 Å². The van der Waals surface area contributed by atoms with Crippen molar-refractivity contribution in [3.05, 3.63) is 29.8 Å². The summed E-state index contributed by atoms with van der Waals surface area (Å²) in [6.45, 7) is 5.42. The first-order chi connectivity index (χ1) is 10.7. The molecule has 2 N–H and O–H groups in total. The van der Waals surface area contributed by atoms with Gasteiger partial charge in [0.25, 0.3) is 0 Å². The Bertz CT molecular complexity index is 591. The Morgan fingerprint density at radius 1 is 1.00 bits per heavy atom. The van der Waals surface area contributed by atoms with Gasteiger partial charge in [-0.3, -0.25) is 0 Å². The van der Waals surface area contributed by atoms with Crippen LogP contribution >= 0.6 is 0 Å². The molecule has 1 aromatic rings. The molecule has 0 bridgehead atoms. The molecule has 1 aromatic carbocycles. The second-order valence-corrected chi connectivity index (χ2v) is 10.8. The SMILES string of the molecule is CC(C)(C)S(=O)(=O)CC1CCC(CCc2ccc(N)cc2)CC1. The summed E-state index contributed by atoms with van der Waals surface area (Å²) >= 11 is 0. The van der Waals surface area contributed by atoms with E-state index >= 15 is 0 Å². The Morgan fingerprint density at radius 2 is 1.52 bits per heavy atom. The number of rotatable bonds is 5. The van der Waals surface area contributed by atoms with Crippen molar-refractivity contribution in [3.63, 3.8) is 0 Å². The lowest BCUT2D eigenvalue weighted by atomic mass is 9.80. The maximum atomic E-state index is 12.3. The van der Waals surface area contributed by atoms with E-state index in [1.165, 1.54) is 24.8 Å². The van der Waals surface area contributed by atoms with Crippen molar-refractivity contribution in [3.8, 4) is 0 Å². The molecule has 0 aromatic heterocycles. The van der Waals surface area contributed by atoms with E-state index < -0.39 is 14.6 Å². The molecule has 0 unspecified atom stereocenters. The van der Waals surface area contributed by atoms with Crippen LogP contribution in [0.1, 0.15) is 58.4 Å². The first kappa shape index (κ1) is 18.3. The van der Waals surface area contributed by atoms with E-state index in [1.54, 1.807) is 20.8 Å². The second-order valence-electron chi connectivity index (χ2n) is 8.06. The predicted octanol–water partition coefficient (Wildman–Crippen LogP) is 4.22. The minimum absolute atomic E-state index is 0.354. The van der Waals surface area contributed by atoms with Gasteiger partial charge in [-0.25, -0.2) is 8.42 Å². The van der Waals surface area contributed by atoms with Gasteiger partial charge < -0.3 is 5.73 Å². The molecule has 0 atom stereocenters. The Morgan fingerprint density at radius 3 is 2.04 bits per heavy atom. The van der Waals surface area contributed by atoms with Crippen molar-refractivity contribution in [2.24, 2.45) is 11.8 Å². The molecule has 0 saturated heterocycles. The van der Waals surface area contributed by atoms with Crippen LogP contribution in [0.2, 0.25) is 0 Å². The third-order valence-corrected chi connectivity index (χ3v) is 7.95. The number of hydrogen-bond acceptors (Lipinski definition) is 3. The van der Waals surface area contributed by atoms with Crippen LogP contribution in [0.15, 0.2) is 24.3 Å². The summed E-state index contributed by atoms with van der Waals surface area (Å²) < 4.78 is 24.0. The Kier molecular flexibility index (Phi) is 5.77. The highest BCUT2D eigenvalue weighted by molar-refractivity contribution is 7.92. The number of aryl methyl sites for hydroxylation is 1. The molecule has 2 rings (SSSR count). The largest absolute Gasteiger partial charge is 0.399 e. The number of benzene rings is 1.